The number of hydrogen-bond acceptors (Lipinski definition) is 4. The Morgan fingerprint density at radius 2 is 2.44 bits per heavy atom. The van der Waals surface area contributed by atoms with Gasteiger partial charge in [-0.15, -0.1) is 0 Å². The molecule has 0 radical (unpaired) electrons. The van der Waals surface area contributed by atoms with Gasteiger partial charge in [-0.3, -0.25) is 19.7 Å². The molecule has 1 N–H and O–H groups in total. The molecule has 5 heteroatoms. The van der Waals surface area contributed by atoms with Gasteiger partial charge in [-0.25, -0.2) is 0 Å². The Morgan fingerprint density at radius 3 is 3.12 bits per heavy atom. The van der Waals surface area contributed by atoms with E-state index >= 15 is 0 Å². The smallest absolute Gasteiger partial charge is 0.307 e. The van der Waals surface area contributed by atoms with Crippen LogP contribution in [0.4, 0.5) is 0 Å². The fourth-order valence-electron chi connectivity index (χ4n) is 2.04. The minimum atomic E-state index is -0.691. The van der Waals surface area contributed by atoms with Crippen molar-refractivity contribution in [2.45, 2.75) is 19.4 Å². The lowest BCUT2D eigenvalue weighted by Gasteiger charge is -2.30. The average molecular weight is 221 g/mol. The van der Waals surface area contributed by atoms with Crippen LogP contribution in [0.25, 0.3) is 0 Å². The van der Waals surface area contributed by atoms with Crippen LogP contribution < -0.4 is 0 Å². The number of aromatic nitrogens is 2. The molecule has 1 aliphatic heterocycles. The molecule has 1 aromatic rings. The summed E-state index contributed by atoms with van der Waals surface area (Å²) in [5.41, 5.74) is 0.897. The molecule has 16 heavy (non-hydrogen) atoms. The highest BCUT2D eigenvalue weighted by Gasteiger charge is 2.25. The summed E-state index contributed by atoms with van der Waals surface area (Å²) < 4.78 is 0. The summed E-state index contributed by atoms with van der Waals surface area (Å²) in [5, 5.41) is 8.97. The third-order valence-electron chi connectivity index (χ3n) is 2.86. The molecule has 1 atom stereocenters. The SMILES string of the molecule is O=C(O)[C@@H]1CCCN(Cc2cnccn2)C1. The number of carbonyl (C=O) groups is 1. The standard InChI is InChI=1S/C11H15N3O2/c15-11(16)9-2-1-5-14(7-9)8-10-6-12-3-4-13-10/h3-4,6,9H,1-2,5,7-8H2,(H,15,16)/t9-/m1/s1. The predicted molar refractivity (Wildman–Crippen MR) is 57.7 cm³/mol. The molecule has 2 heterocycles. The number of piperidine rings is 1. The molecule has 0 aromatic carbocycles. The van der Waals surface area contributed by atoms with Gasteiger partial charge in [0.25, 0.3) is 0 Å². The maximum atomic E-state index is 10.9. The van der Waals surface area contributed by atoms with Crippen molar-refractivity contribution in [3.8, 4) is 0 Å². The van der Waals surface area contributed by atoms with Gasteiger partial charge in [-0.05, 0) is 19.4 Å². The Balaban J connectivity index is 1.93. The molecule has 1 aliphatic rings. The first-order chi connectivity index (χ1) is 7.75. The summed E-state index contributed by atoms with van der Waals surface area (Å²) in [6.07, 6.45) is 6.75. The number of hydrogen-bond donors (Lipinski definition) is 1. The van der Waals surface area contributed by atoms with Crippen molar-refractivity contribution in [2.75, 3.05) is 13.1 Å². The van der Waals surface area contributed by atoms with Crippen LogP contribution in [0, 0.1) is 5.92 Å². The van der Waals surface area contributed by atoms with Gasteiger partial charge in [0, 0.05) is 31.7 Å². The second kappa shape index (κ2) is 5.03. The van der Waals surface area contributed by atoms with Crippen molar-refractivity contribution >= 4 is 5.97 Å². The quantitative estimate of drug-likeness (QED) is 0.816. The van der Waals surface area contributed by atoms with E-state index in [9.17, 15) is 4.79 Å². The first kappa shape index (κ1) is 11.0. The molecule has 0 saturated carbocycles. The van der Waals surface area contributed by atoms with Crippen LogP contribution in [0.5, 0.6) is 0 Å². The third kappa shape index (κ3) is 2.76. The number of carboxylic acids is 1. The number of rotatable bonds is 3. The average Bonchev–Trinajstić information content (AvgIpc) is 2.30. The van der Waals surface area contributed by atoms with Crippen molar-refractivity contribution in [2.24, 2.45) is 5.92 Å². The molecule has 1 saturated heterocycles. The van der Waals surface area contributed by atoms with E-state index in [0.717, 1.165) is 25.1 Å². The molecule has 2 rings (SSSR count). The zero-order valence-electron chi connectivity index (χ0n) is 9.04. The first-order valence-electron chi connectivity index (χ1n) is 5.46. The van der Waals surface area contributed by atoms with Gasteiger partial charge in [0.2, 0.25) is 0 Å². The van der Waals surface area contributed by atoms with E-state index in [-0.39, 0.29) is 5.92 Å². The van der Waals surface area contributed by atoms with Gasteiger partial charge < -0.3 is 5.11 Å². The van der Waals surface area contributed by atoms with Crippen LogP contribution in [0.15, 0.2) is 18.6 Å². The molecule has 0 aliphatic carbocycles. The van der Waals surface area contributed by atoms with Crippen molar-refractivity contribution in [3.05, 3.63) is 24.3 Å². The van der Waals surface area contributed by atoms with Crippen molar-refractivity contribution in [1.29, 1.82) is 0 Å². The van der Waals surface area contributed by atoms with Crippen LogP contribution in [-0.2, 0) is 11.3 Å². The van der Waals surface area contributed by atoms with Crippen LogP contribution in [-0.4, -0.2) is 39.0 Å². The Hall–Kier alpha value is -1.49. The second-order valence-electron chi connectivity index (χ2n) is 4.11. The zero-order valence-corrected chi connectivity index (χ0v) is 9.04. The van der Waals surface area contributed by atoms with Gasteiger partial charge in [0.1, 0.15) is 0 Å². The number of carboxylic acid groups (broad SMARTS) is 1. The van der Waals surface area contributed by atoms with E-state index in [4.69, 9.17) is 5.11 Å². The zero-order chi connectivity index (χ0) is 11.4. The molecular formula is C11H15N3O2. The summed E-state index contributed by atoms with van der Waals surface area (Å²) in [7, 11) is 0. The van der Waals surface area contributed by atoms with E-state index < -0.39 is 5.97 Å². The monoisotopic (exact) mass is 221 g/mol. The minimum Gasteiger partial charge on any atom is -0.481 e. The van der Waals surface area contributed by atoms with Gasteiger partial charge in [-0.1, -0.05) is 0 Å². The van der Waals surface area contributed by atoms with E-state index in [1.807, 2.05) is 0 Å². The fourth-order valence-corrected chi connectivity index (χ4v) is 2.04. The van der Waals surface area contributed by atoms with Gasteiger partial charge in [0.05, 0.1) is 11.6 Å². The third-order valence-corrected chi connectivity index (χ3v) is 2.86. The number of likely N-dealkylation sites (tertiary alicyclic amines) is 1. The predicted octanol–water partition coefficient (Wildman–Crippen LogP) is 0.773. The molecule has 5 nitrogen and oxygen atoms in total. The number of aliphatic carboxylic acids is 1. The lowest BCUT2D eigenvalue weighted by molar-refractivity contribution is -0.143. The Kier molecular flexibility index (Phi) is 3.46. The molecule has 0 spiro atoms. The lowest BCUT2D eigenvalue weighted by atomic mass is 9.98. The summed E-state index contributed by atoms with van der Waals surface area (Å²) in [6, 6.07) is 0. The van der Waals surface area contributed by atoms with E-state index in [1.54, 1.807) is 18.6 Å². The van der Waals surface area contributed by atoms with E-state index in [2.05, 4.69) is 14.9 Å². The van der Waals surface area contributed by atoms with Gasteiger partial charge in [0.15, 0.2) is 0 Å². The molecule has 1 aromatic heterocycles. The molecule has 86 valence electrons. The largest absolute Gasteiger partial charge is 0.481 e. The van der Waals surface area contributed by atoms with Gasteiger partial charge >= 0.3 is 5.97 Å². The molecular weight excluding hydrogens is 206 g/mol. The molecule has 0 unspecified atom stereocenters. The summed E-state index contributed by atoms with van der Waals surface area (Å²) >= 11 is 0. The van der Waals surface area contributed by atoms with Crippen LogP contribution >= 0.6 is 0 Å². The number of nitrogens with zero attached hydrogens (tertiary/aromatic N) is 3. The van der Waals surface area contributed by atoms with E-state index in [0.29, 0.717) is 13.1 Å². The summed E-state index contributed by atoms with van der Waals surface area (Å²) in [4.78, 5) is 21.2. The molecule has 0 bridgehead atoms. The summed E-state index contributed by atoms with van der Waals surface area (Å²) in [5.74, 6) is -0.922. The van der Waals surface area contributed by atoms with Crippen molar-refractivity contribution < 1.29 is 9.90 Å². The Labute approximate surface area is 94.1 Å². The highest BCUT2D eigenvalue weighted by Crippen LogP contribution is 2.17. The van der Waals surface area contributed by atoms with Crippen LogP contribution in [0.3, 0.4) is 0 Å². The summed E-state index contributed by atoms with van der Waals surface area (Å²) in [6.45, 7) is 2.25. The van der Waals surface area contributed by atoms with Crippen molar-refractivity contribution in [3.63, 3.8) is 0 Å². The first-order valence-corrected chi connectivity index (χ1v) is 5.46. The second-order valence-corrected chi connectivity index (χ2v) is 4.11. The van der Waals surface area contributed by atoms with Crippen molar-refractivity contribution in [1.82, 2.24) is 14.9 Å². The fraction of sp³-hybridized carbons (Fsp3) is 0.545. The highest BCUT2D eigenvalue weighted by molar-refractivity contribution is 5.70. The van der Waals surface area contributed by atoms with Crippen LogP contribution in [0.2, 0.25) is 0 Å². The molecule has 0 amide bonds. The lowest BCUT2D eigenvalue weighted by Crippen LogP contribution is -2.38. The molecule has 1 fully saturated rings. The Morgan fingerprint density at radius 1 is 1.56 bits per heavy atom. The highest BCUT2D eigenvalue weighted by atomic mass is 16.4. The van der Waals surface area contributed by atoms with Crippen LogP contribution in [0.1, 0.15) is 18.5 Å². The van der Waals surface area contributed by atoms with Gasteiger partial charge in [-0.2, -0.15) is 0 Å². The topological polar surface area (TPSA) is 66.3 Å². The normalized spacial score (nSPS) is 21.9. The Bertz CT molecular complexity index is 356. The van der Waals surface area contributed by atoms with E-state index in [1.165, 1.54) is 0 Å². The maximum absolute atomic E-state index is 10.9. The maximum Gasteiger partial charge on any atom is 0.307 e. The minimum absolute atomic E-state index is 0.231.